The van der Waals surface area contributed by atoms with Crippen LogP contribution in [0.4, 0.5) is 0 Å². The van der Waals surface area contributed by atoms with E-state index in [1.54, 1.807) is 22.7 Å². The monoisotopic (exact) mass is 496 g/mol. The summed E-state index contributed by atoms with van der Waals surface area (Å²) in [6.45, 7) is 4.17. The lowest BCUT2D eigenvalue weighted by Gasteiger charge is -2.34. The van der Waals surface area contributed by atoms with Gasteiger partial charge in [0.25, 0.3) is 0 Å². The molecule has 1 fully saturated rings. The topological polar surface area (TPSA) is 76.2 Å². The van der Waals surface area contributed by atoms with Crippen LogP contribution in [0.5, 0.6) is 11.5 Å². The highest BCUT2D eigenvalue weighted by Gasteiger charge is 2.31. The third-order valence-electron chi connectivity index (χ3n) is 5.54. The van der Waals surface area contributed by atoms with Gasteiger partial charge in [-0.05, 0) is 36.8 Å². The number of amides is 1. The number of hydrogen-bond donors (Lipinski definition) is 0. The minimum atomic E-state index is -3.67. The summed E-state index contributed by atoms with van der Waals surface area (Å²) in [6.07, 6.45) is 0. The predicted octanol–water partition coefficient (Wildman–Crippen LogP) is 3.44. The second-order valence-electron chi connectivity index (χ2n) is 7.60. The van der Waals surface area contributed by atoms with Crippen molar-refractivity contribution in [2.24, 2.45) is 0 Å². The van der Waals surface area contributed by atoms with E-state index in [0.29, 0.717) is 48.6 Å². The van der Waals surface area contributed by atoms with E-state index < -0.39 is 10.0 Å². The molecule has 2 aliphatic heterocycles. The van der Waals surface area contributed by atoms with Crippen LogP contribution in [0.15, 0.2) is 47.4 Å². The number of carbonyl (C=O) groups is 1. The van der Waals surface area contributed by atoms with Crippen molar-refractivity contribution >= 4 is 39.3 Å². The van der Waals surface area contributed by atoms with E-state index >= 15 is 0 Å². The van der Waals surface area contributed by atoms with Gasteiger partial charge in [0.05, 0.1) is 10.6 Å². The smallest absolute Gasteiger partial charge is 0.243 e. The molecule has 4 rings (SSSR count). The van der Waals surface area contributed by atoms with Gasteiger partial charge in [-0.25, -0.2) is 8.42 Å². The molecule has 10 heteroatoms. The number of ether oxygens (including phenoxy) is 2. The number of hydrogen-bond acceptors (Lipinski definition) is 6. The maximum Gasteiger partial charge on any atom is 0.243 e. The molecule has 2 aliphatic rings. The molecular weight excluding hydrogens is 472 g/mol. The summed E-state index contributed by atoms with van der Waals surface area (Å²) in [4.78, 5) is 14.6. The van der Waals surface area contributed by atoms with Crippen LogP contribution < -0.4 is 9.47 Å². The lowest BCUT2D eigenvalue weighted by atomic mass is 10.2. The van der Waals surface area contributed by atoms with Crippen molar-refractivity contribution in [2.45, 2.75) is 17.1 Å². The van der Waals surface area contributed by atoms with E-state index in [0.717, 1.165) is 5.56 Å². The predicted molar refractivity (Wildman–Crippen MR) is 125 cm³/mol. The molecule has 0 bridgehead atoms. The number of benzene rings is 2. The summed E-state index contributed by atoms with van der Waals surface area (Å²) in [6, 6.07) is 12.3. The van der Waals surface area contributed by atoms with E-state index in [9.17, 15) is 13.2 Å². The maximum atomic E-state index is 13.1. The average molecular weight is 497 g/mol. The maximum absolute atomic E-state index is 13.1. The molecule has 0 N–H and O–H groups in total. The number of nitrogens with zero attached hydrogens (tertiary/aromatic N) is 2. The molecule has 0 saturated carbocycles. The van der Waals surface area contributed by atoms with Crippen molar-refractivity contribution in [3.8, 4) is 11.5 Å². The van der Waals surface area contributed by atoms with Crippen LogP contribution in [-0.2, 0) is 14.8 Å². The van der Waals surface area contributed by atoms with Crippen molar-refractivity contribution in [1.82, 2.24) is 9.21 Å². The Morgan fingerprint density at radius 2 is 1.69 bits per heavy atom. The Bertz CT molecular complexity index is 1070. The summed E-state index contributed by atoms with van der Waals surface area (Å²) in [5.74, 6) is 1.36. The Labute approximate surface area is 197 Å². The molecule has 0 aliphatic carbocycles. The number of fused-ring (bicyclic) bond motifs is 1. The number of thioether (sulfide) groups is 1. The van der Waals surface area contributed by atoms with Crippen molar-refractivity contribution in [3.63, 3.8) is 0 Å². The zero-order chi connectivity index (χ0) is 22.7. The fourth-order valence-electron chi connectivity index (χ4n) is 3.63. The average Bonchev–Trinajstić information content (AvgIpc) is 2.82. The van der Waals surface area contributed by atoms with Gasteiger partial charge in [-0.1, -0.05) is 23.7 Å². The largest absolute Gasteiger partial charge is 0.486 e. The minimum absolute atomic E-state index is 0.0205. The summed E-state index contributed by atoms with van der Waals surface area (Å²) in [5.41, 5.74) is 1.11. The summed E-state index contributed by atoms with van der Waals surface area (Å²) in [7, 11) is -3.67. The SMILES string of the molecule is CC(SCC(=O)N1CCN(S(=O)(=O)c2ccc3c(c2)OCCO3)CC1)c1ccc(Cl)cc1. The molecular formula is C22H25ClN2O5S2. The van der Waals surface area contributed by atoms with Crippen molar-refractivity contribution < 1.29 is 22.7 Å². The zero-order valence-electron chi connectivity index (χ0n) is 17.7. The van der Waals surface area contributed by atoms with E-state index in [4.69, 9.17) is 21.1 Å². The van der Waals surface area contributed by atoms with Crippen molar-refractivity contribution in [2.75, 3.05) is 45.1 Å². The van der Waals surface area contributed by atoms with Crippen LogP contribution in [0.25, 0.3) is 0 Å². The molecule has 1 saturated heterocycles. The summed E-state index contributed by atoms with van der Waals surface area (Å²) < 4.78 is 38.5. The second kappa shape index (κ2) is 9.91. The van der Waals surface area contributed by atoms with Gasteiger partial charge in [-0.15, -0.1) is 11.8 Å². The fraction of sp³-hybridized carbons (Fsp3) is 0.409. The van der Waals surface area contributed by atoms with Crippen LogP contribution in [0.2, 0.25) is 5.02 Å². The van der Waals surface area contributed by atoms with Crippen molar-refractivity contribution in [3.05, 3.63) is 53.1 Å². The molecule has 2 heterocycles. The number of halogens is 1. The Morgan fingerprint density at radius 1 is 1.03 bits per heavy atom. The standard InChI is InChI=1S/C22H25ClN2O5S2/c1-16(17-2-4-18(23)5-3-17)31-15-22(26)24-8-10-25(11-9-24)32(27,28)19-6-7-20-21(14-19)30-13-12-29-20/h2-7,14,16H,8-13,15H2,1H3. The minimum Gasteiger partial charge on any atom is -0.486 e. The van der Waals surface area contributed by atoms with Crippen LogP contribution in [0.1, 0.15) is 17.7 Å². The van der Waals surface area contributed by atoms with Crippen LogP contribution in [-0.4, -0.2) is 68.7 Å². The zero-order valence-corrected chi connectivity index (χ0v) is 20.1. The van der Waals surface area contributed by atoms with Crippen LogP contribution in [0, 0.1) is 0 Å². The van der Waals surface area contributed by atoms with Gasteiger partial charge in [-0.2, -0.15) is 4.31 Å². The van der Waals surface area contributed by atoms with E-state index in [1.165, 1.54) is 16.4 Å². The van der Waals surface area contributed by atoms with Gasteiger partial charge in [0.1, 0.15) is 13.2 Å². The Balaban J connectivity index is 1.31. The lowest BCUT2D eigenvalue weighted by Crippen LogP contribution is -2.51. The van der Waals surface area contributed by atoms with Gasteiger partial charge in [-0.3, -0.25) is 4.79 Å². The van der Waals surface area contributed by atoms with Gasteiger partial charge < -0.3 is 14.4 Å². The number of sulfonamides is 1. The molecule has 1 atom stereocenters. The van der Waals surface area contributed by atoms with Crippen LogP contribution in [0.3, 0.4) is 0 Å². The first-order chi connectivity index (χ1) is 15.3. The highest BCUT2D eigenvalue weighted by Crippen LogP contribution is 2.33. The van der Waals surface area contributed by atoms with Gasteiger partial charge in [0.15, 0.2) is 11.5 Å². The van der Waals surface area contributed by atoms with Gasteiger partial charge in [0, 0.05) is 42.5 Å². The molecule has 2 aromatic rings. The second-order valence-corrected chi connectivity index (χ2v) is 11.3. The molecule has 32 heavy (non-hydrogen) atoms. The Kier molecular flexibility index (Phi) is 7.19. The lowest BCUT2D eigenvalue weighted by molar-refractivity contribution is -0.129. The molecule has 0 radical (unpaired) electrons. The van der Waals surface area contributed by atoms with Gasteiger partial charge >= 0.3 is 0 Å². The van der Waals surface area contributed by atoms with E-state index in [-0.39, 0.29) is 29.1 Å². The highest BCUT2D eigenvalue weighted by atomic mass is 35.5. The van der Waals surface area contributed by atoms with E-state index in [2.05, 4.69) is 6.92 Å². The van der Waals surface area contributed by atoms with Gasteiger partial charge in [0.2, 0.25) is 15.9 Å². The first-order valence-electron chi connectivity index (χ1n) is 10.4. The molecule has 2 aromatic carbocycles. The first kappa shape index (κ1) is 23.2. The molecule has 7 nitrogen and oxygen atoms in total. The summed E-state index contributed by atoms with van der Waals surface area (Å²) in [5, 5.41) is 0.846. The van der Waals surface area contributed by atoms with Crippen LogP contribution >= 0.6 is 23.4 Å². The Morgan fingerprint density at radius 3 is 2.38 bits per heavy atom. The third-order valence-corrected chi connectivity index (χ3v) is 8.87. The molecule has 0 spiro atoms. The fourth-order valence-corrected chi connectivity index (χ4v) is 6.12. The molecule has 172 valence electrons. The molecule has 1 amide bonds. The Hall–Kier alpha value is -1.94. The quantitative estimate of drug-likeness (QED) is 0.609. The third kappa shape index (κ3) is 5.17. The number of carbonyl (C=O) groups excluding carboxylic acids is 1. The number of rotatable bonds is 6. The highest BCUT2D eigenvalue weighted by molar-refractivity contribution is 8.00. The summed E-state index contributed by atoms with van der Waals surface area (Å²) >= 11 is 7.49. The normalized spacial score (nSPS) is 17.8. The number of piperazine rings is 1. The van der Waals surface area contributed by atoms with E-state index in [1.807, 2.05) is 24.3 Å². The molecule has 1 unspecified atom stereocenters. The van der Waals surface area contributed by atoms with Crippen molar-refractivity contribution in [1.29, 1.82) is 0 Å². The molecule has 0 aromatic heterocycles. The first-order valence-corrected chi connectivity index (χ1v) is 13.3.